The number of hydrogen-bond acceptors (Lipinski definition) is 5. The molecule has 0 amide bonds. The maximum absolute atomic E-state index is 11.6. The highest BCUT2D eigenvalue weighted by Crippen LogP contribution is 2.28. The van der Waals surface area contributed by atoms with Crippen LogP contribution in [0.4, 0.5) is 5.82 Å². The van der Waals surface area contributed by atoms with Crippen molar-refractivity contribution in [2.24, 2.45) is 0 Å². The van der Waals surface area contributed by atoms with Gasteiger partial charge in [0, 0.05) is 37.3 Å². The standard InChI is InChI=1S/C21H24N4O3/c1-2-28-18-8-7-14-5-3-4-6-16(14)17(18)12-22-15-9-10-25(13-15)19-11-20(26)24-21(27)23-19/h3-8,11,15,22H,2,9-10,12-13H2,1H3,(H2,23,24,26,27)/t15-/m0/s1. The van der Waals surface area contributed by atoms with Crippen molar-refractivity contribution < 1.29 is 4.74 Å². The fraction of sp³-hybridized carbons (Fsp3) is 0.333. The summed E-state index contributed by atoms with van der Waals surface area (Å²) in [7, 11) is 0. The van der Waals surface area contributed by atoms with Gasteiger partial charge in [0.25, 0.3) is 5.56 Å². The van der Waals surface area contributed by atoms with Crippen LogP contribution in [0.1, 0.15) is 18.9 Å². The second kappa shape index (κ2) is 7.90. The smallest absolute Gasteiger partial charge is 0.327 e. The van der Waals surface area contributed by atoms with Gasteiger partial charge in [0.15, 0.2) is 0 Å². The molecule has 0 saturated carbocycles. The highest BCUT2D eigenvalue weighted by atomic mass is 16.5. The lowest BCUT2D eigenvalue weighted by atomic mass is 10.0. The molecule has 0 bridgehead atoms. The van der Waals surface area contributed by atoms with Gasteiger partial charge in [-0.1, -0.05) is 30.3 Å². The summed E-state index contributed by atoms with van der Waals surface area (Å²) in [5.74, 6) is 1.47. The number of anilines is 1. The molecule has 1 aliphatic heterocycles. The molecule has 3 aromatic rings. The zero-order chi connectivity index (χ0) is 19.5. The van der Waals surface area contributed by atoms with Gasteiger partial charge < -0.3 is 15.0 Å². The van der Waals surface area contributed by atoms with Crippen LogP contribution in [0, 0.1) is 0 Å². The number of hydrogen-bond donors (Lipinski definition) is 3. The summed E-state index contributed by atoms with van der Waals surface area (Å²) in [6, 6.07) is 14.1. The molecule has 4 rings (SSSR count). The molecule has 0 spiro atoms. The highest BCUT2D eigenvalue weighted by Gasteiger charge is 2.23. The predicted octanol–water partition coefficient (Wildman–Crippen LogP) is 1.98. The van der Waals surface area contributed by atoms with Crippen LogP contribution in [0.25, 0.3) is 10.8 Å². The lowest BCUT2D eigenvalue weighted by Crippen LogP contribution is -2.34. The Hall–Kier alpha value is -3.06. The summed E-state index contributed by atoms with van der Waals surface area (Å²) < 4.78 is 5.85. The monoisotopic (exact) mass is 380 g/mol. The molecule has 0 unspecified atom stereocenters. The van der Waals surface area contributed by atoms with Crippen LogP contribution < -0.4 is 26.2 Å². The molecule has 0 aliphatic carbocycles. The minimum Gasteiger partial charge on any atom is -0.494 e. The maximum Gasteiger partial charge on any atom is 0.327 e. The van der Waals surface area contributed by atoms with E-state index < -0.39 is 5.69 Å². The molecule has 1 saturated heterocycles. The lowest BCUT2D eigenvalue weighted by molar-refractivity contribution is 0.335. The van der Waals surface area contributed by atoms with Crippen molar-refractivity contribution in [3.8, 4) is 5.75 Å². The number of rotatable bonds is 6. The summed E-state index contributed by atoms with van der Waals surface area (Å²) in [6.45, 7) is 4.82. The van der Waals surface area contributed by atoms with Crippen LogP contribution in [-0.4, -0.2) is 35.7 Å². The molecule has 2 aromatic carbocycles. The van der Waals surface area contributed by atoms with Crippen LogP contribution in [0.3, 0.4) is 0 Å². The van der Waals surface area contributed by atoms with Gasteiger partial charge in [0.05, 0.1) is 6.61 Å². The first kappa shape index (κ1) is 18.3. The summed E-state index contributed by atoms with van der Waals surface area (Å²) in [5, 5.41) is 6.00. The Balaban J connectivity index is 1.50. The minimum absolute atomic E-state index is 0.260. The Labute approximate surface area is 162 Å². The van der Waals surface area contributed by atoms with Gasteiger partial charge in [-0.25, -0.2) is 4.79 Å². The van der Waals surface area contributed by atoms with Crippen molar-refractivity contribution in [2.75, 3.05) is 24.6 Å². The summed E-state index contributed by atoms with van der Waals surface area (Å²) in [6.07, 6.45) is 0.934. The summed E-state index contributed by atoms with van der Waals surface area (Å²) >= 11 is 0. The number of aromatic nitrogens is 2. The quantitative estimate of drug-likeness (QED) is 0.608. The normalized spacial score (nSPS) is 16.6. The fourth-order valence-corrected chi connectivity index (χ4v) is 3.81. The second-order valence-corrected chi connectivity index (χ2v) is 6.98. The van der Waals surface area contributed by atoms with E-state index in [0.717, 1.165) is 30.8 Å². The van der Waals surface area contributed by atoms with Crippen molar-refractivity contribution in [1.82, 2.24) is 15.3 Å². The predicted molar refractivity (Wildman–Crippen MR) is 110 cm³/mol. The number of nitrogens with zero attached hydrogens (tertiary/aromatic N) is 1. The van der Waals surface area contributed by atoms with Crippen molar-refractivity contribution in [2.45, 2.75) is 25.9 Å². The fourth-order valence-electron chi connectivity index (χ4n) is 3.81. The van der Waals surface area contributed by atoms with Gasteiger partial charge >= 0.3 is 5.69 Å². The van der Waals surface area contributed by atoms with E-state index in [1.165, 1.54) is 16.8 Å². The largest absolute Gasteiger partial charge is 0.494 e. The van der Waals surface area contributed by atoms with Crippen LogP contribution in [-0.2, 0) is 6.54 Å². The van der Waals surface area contributed by atoms with Crippen LogP contribution >= 0.6 is 0 Å². The third-order valence-corrected chi connectivity index (χ3v) is 5.14. The summed E-state index contributed by atoms with van der Waals surface area (Å²) in [5.41, 5.74) is 0.297. The zero-order valence-electron chi connectivity index (χ0n) is 15.8. The van der Waals surface area contributed by atoms with Gasteiger partial charge in [-0.3, -0.25) is 14.8 Å². The Kier molecular flexibility index (Phi) is 5.16. The van der Waals surface area contributed by atoms with Crippen molar-refractivity contribution in [1.29, 1.82) is 0 Å². The van der Waals surface area contributed by atoms with Gasteiger partial charge in [-0.05, 0) is 30.2 Å². The van der Waals surface area contributed by atoms with E-state index in [9.17, 15) is 9.59 Å². The Bertz CT molecular complexity index is 1060. The molecule has 1 atom stereocenters. The molecule has 1 aromatic heterocycles. The van der Waals surface area contributed by atoms with E-state index in [1.807, 2.05) is 30.0 Å². The van der Waals surface area contributed by atoms with Crippen molar-refractivity contribution in [3.63, 3.8) is 0 Å². The Morgan fingerprint density at radius 2 is 2.04 bits per heavy atom. The first-order valence-electron chi connectivity index (χ1n) is 9.59. The molecule has 0 radical (unpaired) electrons. The highest BCUT2D eigenvalue weighted by molar-refractivity contribution is 5.87. The first-order chi connectivity index (χ1) is 13.6. The van der Waals surface area contributed by atoms with Crippen LogP contribution in [0.5, 0.6) is 5.75 Å². The van der Waals surface area contributed by atoms with Gasteiger partial charge in [0.1, 0.15) is 11.6 Å². The lowest BCUT2D eigenvalue weighted by Gasteiger charge is -2.19. The van der Waals surface area contributed by atoms with E-state index in [4.69, 9.17) is 4.74 Å². The molecule has 7 heteroatoms. The van der Waals surface area contributed by atoms with E-state index in [1.54, 1.807) is 0 Å². The number of H-pyrrole nitrogens is 2. The molecule has 2 heterocycles. The topological polar surface area (TPSA) is 90.2 Å². The van der Waals surface area contributed by atoms with Gasteiger partial charge in [0.2, 0.25) is 0 Å². The summed E-state index contributed by atoms with van der Waals surface area (Å²) in [4.78, 5) is 30.0. The SMILES string of the molecule is CCOc1ccc2ccccc2c1CN[C@H]1CCN(c2cc(=O)[nH]c(=O)[nH]2)C1. The average Bonchev–Trinajstić information content (AvgIpc) is 3.15. The van der Waals surface area contributed by atoms with E-state index in [2.05, 4.69) is 33.5 Å². The molecule has 28 heavy (non-hydrogen) atoms. The molecule has 1 fully saturated rings. The van der Waals surface area contributed by atoms with E-state index in [0.29, 0.717) is 19.0 Å². The molecule has 146 valence electrons. The second-order valence-electron chi connectivity index (χ2n) is 6.98. The minimum atomic E-state index is -0.476. The number of aromatic amines is 2. The maximum atomic E-state index is 11.6. The number of nitrogens with one attached hydrogen (secondary N) is 3. The molecular formula is C21H24N4O3. The third kappa shape index (κ3) is 3.80. The van der Waals surface area contributed by atoms with Crippen molar-refractivity contribution >= 4 is 16.6 Å². The number of benzene rings is 2. The number of fused-ring (bicyclic) bond motifs is 1. The number of ether oxygens (including phenoxy) is 1. The zero-order valence-corrected chi connectivity index (χ0v) is 15.8. The molecular weight excluding hydrogens is 356 g/mol. The van der Waals surface area contributed by atoms with E-state index in [-0.39, 0.29) is 11.6 Å². The first-order valence-corrected chi connectivity index (χ1v) is 9.59. The third-order valence-electron chi connectivity index (χ3n) is 5.14. The van der Waals surface area contributed by atoms with Gasteiger partial charge in [-0.2, -0.15) is 0 Å². The van der Waals surface area contributed by atoms with Crippen molar-refractivity contribution in [3.05, 3.63) is 68.9 Å². The Morgan fingerprint density at radius 1 is 1.18 bits per heavy atom. The van der Waals surface area contributed by atoms with E-state index >= 15 is 0 Å². The Morgan fingerprint density at radius 3 is 2.86 bits per heavy atom. The molecule has 1 aliphatic rings. The average molecular weight is 380 g/mol. The van der Waals surface area contributed by atoms with Crippen LogP contribution in [0.15, 0.2) is 52.1 Å². The molecule has 7 nitrogen and oxygen atoms in total. The van der Waals surface area contributed by atoms with Crippen LogP contribution in [0.2, 0.25) is 0 Å². The molecule has 3 N–H and O–H groups in total. The van der Waals surface area contributed by atoms with Gasteiger partial charge in [-0.15, -0.1) is 0 Å².